The first-order chi connectivity index (χ1) is 10.1. The van der Waals surface area contributed by atoms with Crippen LogP contribution in [0.5, 0.6) is 5.75 Å². The topological polar surface area (TPSA) is 35.2 Å². The fraction of sp³-hybridized carbons (Fsp3) is 0.176. The third-order valence-corrected chi connectivity index (χ3v) is 5.10. The lowest BCUT2D eigenvalue weighted by atomic mass is 10.1. The van der Waals surface area contributed by atoms with Crippen molar-refractivity contribution in [1.29, 1.82) is 0 Å². The van der Waals surface area contributed by atoms with Gasteiger partial charge in [-0.2, -0.15) is 0 Å². The van der Waals surface area contributed by atoms with Crippen molar-refractivity contribution in [3.05, 3.63) is 63.3 Å². The number of ether oxygens (including phenoxy) is 1. The summed E-state index contributed by atoms with van der Waals surface area (Å²) in [7, 11) is 0. The minimum Gasteiger partial charge on any atom is -0.483 e. The molecular weight excluding hydrogens is 346 g/mol. The molecule has 2 N–H and O–H groups in total. The van der Waals surface area contributed by atoms with Crippen molar-refractivity contribution in [3.63, 3.8) is 0 Å². The summed E-state index contributed by atoms with van der Waals surface area (Å²) in [6.45, 7) is 1.98. The fourth-order valence-corrected chi connectivity index (χ4v) is 3.92. The summed E-state index contributed by atoms with van der Waals surface area (Å²) in [4.78, 5) is 1.13. The number of halogens is 1. The van der Waals surface area contributed by atoms with Crippen LogP contribution in [0.1, 0.15) is 17.9 Å². The quantitative estimate of drug-likeness (QED) is 0.698. The van der Waals surface area contributed by atoms with E-state index in [1.807, 2.05) is 31.2 Å². The van der Waals surface area contributed by atoms with Gasteiger partial charge < -0.3 is 10.5 Å². The molecule has 3 rings (SSSR count). The maximum Gasteiger partial charge on any atom is 0.148 e. The van der Waals surface area contributed by atoms with E-state index in [1.54, 1.807) is 11.3 Å². The number of benzene rings is 2. The second-order valence-electron chi connectivity index (χ2n) is 5.04. The minimum absolute atomic E-state index is 0.0884. The van der Waals surface area contributed by atoms with Crippen LogP contribution in [0.15, 0.2) is 58.4 Å². The van der Waals surface area contributed by atoms with Crippen molar-refractivity contribution in [3.8, 4) is 5.75 Å². The molecule has 0 bridgehead atoms. The van der Waals surface area contributed by atoms with Crippen molar-refractivity contribution in [2.75, 3.05) is 0 Å². The van der Waals surface area contributed by atoms with E-state index in [-0.39, 0.29) is 12.1 Å². The van der Waals surface area contributed by atoms with Gasteiger partial charge in [-0.1, -0.05) is 36.4 Å². The zero-order valence-corrected chi connectivity index (χ0v) is 14.0. The normalized spacial score (nSPS) is 14.0. The van der Waals surface area contributed by atoms with Crippen LogP contribution in [-0.2, 0) is 0 Å². The molecule has 3 aromatic rings. The average Bonchev–Trinajstić information content (AvgIpc) is 2.90. The molecule has 0 aliphatic carbocycles. The molecule has 1 aromatic heterocycles. The molecule has 0 amide bonds. The van der Waals surface area contributed by atoms with Crippen LogP contribution in [0.2, 0.25) is 0 Å². The zero-order valence-electron chi connectivity index (χ0n) is 11.6. The Bertz CT molecular complexity index is 748. The molecule has 2 atom stereocenters. The minimum atomic E-state index is -0.146. The van der Waals surface area contributed by atoms with E-state index in [1.165, 1.54) is 5.39 Å². The molecule has 0 fully saturated rings. The Morgan fingerprint density at radius 3 is 2.62 bits per heavy atom. The van der Waals surface area contributed by atoms with Gasteiger partial charge in [0.15, 0.2) is 0 Å². The molecule has 0 radical (unpaired) electrons. The first kappa shape index (κ1) is 14.6. The Labute approximate surface area is 136 Å². The molecule has 0 saturated heterocycles. The Morgan fingerprint density at radius 1 is 1.14 bits per heavy atom. The van der Waals surface area contributed by atoms with Crippen LogP contribution in [0.3, 0.4) is 0 Å². The third-order valence-electron chi connectivity index (χ3n) is 3.35. The SMILES string of the molecule is CC(N)C(Oc1cccc2ccccc12)c1cc(Br)cs1. The standard InChI is InChI=1S/C17H16BrNOS/c1-11(19)17(16-9-13(18)10-21-16)20-15-8-4-6-12-5-2-3-7-14(12)15/h2-11,17H,19H2,1H3. The lowest BCUT2D eigenvalue weighted by Gasteiger charge is -2.22. The highest BCUT2D eigenvalue weighted by atomic mass is 79.9. The van der Waals surface area contributed by atoms with E-state index < -0.39 is 0 Å². The Kier molecular flexibility index (Phi) is 4.29. The summed E-state index contributed by atoms with van der Waals surface area (Å²) in [6, 6.07) is 16.3. The third kappa shape index (κ3) is 3.12. The summed E-state index contributed by atoms with van der Waals surface area (Å²) in [5, 5.41) is 4.34. The molecule has 1 heterocycles. The Balaban J connectivity index is 1.99. The molecule has 2 nitrogen and oxygen atoms in total. The van der Waals surface area contributed by atoms with Crippen molar-refractivity contribution < 1.29 is 4.74 Å². The number of nitrogens with two attached hydrogens (primary N) is 1. The predicted molar refractivity (Wildman–Crippen MR) is 93.0 cm³/mol. The van der Waals surface area contributed by atoms with Crippen LogP contribution in [-0.4, -0.2) is 6.04 Å². The number of hydrogen-bond donors (Lipinski definition) is 1. The smallest absolute Gasteiger partial charge is 0.148 e. The molecule has 2 unspecified atom stereocenters. The van der Waals surface area contributed by atoms with Gasteiger partial charge in [0.1, 0.15) is 11.9 Å². The first-order valence-electron chi connectivity index (χ1n) is 6.79. The molecule has 4 heteroatoms. The van der Waals surface area contributed by atoms with E-state index in [2.05, 4.69) is 45.6 Å². The summed E-state index contributed by atoms with van der Waals surface area (Å²) in [5.41, 5.74) is 6.14. The number of fused-ring (bicyclic) bond motifs is 1. The van der Waals surface area contributed by atoms with Gasteiger partial charge in [-0.25, -0.2) is 0 Å². The second-order valence-corrected chi connectivity index (χ2v) is 6.90. The maximum atomic E-state index is 6.25. The Hall–Kier alpha value is -1.36. The largest absolute Gasteiger partial charge is 0.483 e. The van der Waals surface area contributed by atoms with Gasteiger partial charge in [-0.15, -0.1) is 11.3 Å². The van der Waals surface area contributed by atoms with Crippen molar-refractivity contribution in [1.82, 2.24) is 0 Å². The molecule has 2 aromatic carbocycles. The highest BCUT2D eigenvalue weighted by Gasteiger charge is 2.21. The summed E-state index contributed by atoms with van der Waals surface area (Å²) >= 11 is 5.15. The van der Waals surface area contributed by atoms with Gasteiger partial charge in [-0.05, 0) is 40.4 Å². The molecule has 0 spiro atoms. The molecule has 0 aliphatic heterocycles. The molecular formula is C17H16BrNOS. The first-order valence-corrected chi connectivity index (χ1v) is 8.46. The van der Waals surface area contributed by atoms with E-state index in [9.17, 15) is 0 Å². The van der Waals surface area contributed by atoms with E-state index in [0.717, 1.165) is 20.5 Å². The maximum absolute atomic E-state index is 6.25. The summed E-state index contributed by atoms with van der Waals surface area (Å²) < 4.78 is 7.32. The lowest BCUT2D eigenvalue weighted by molar-refractivity contribution is 0.186. The van der Waals surface area contributed by atoms with E-state index in [0.29, 0.717) is 0 Å². The summed E-state index contributed by atoms with van der Waals surface area (Å²) in [5.74, 6) is 0.875. The van der Waals surface area contributed by atoms with Gasteiger partial charge in [0, 0.05) is 26.2 Å². The van der Waals surface area contributed by atoms with Crippen molar-refractivity contribution >= 4 is 38.0 Å². The number of thiophene rings is 1. The van der Waals surface area contributed by atoms with Crippen LogP contribution in [0.4, 0.5) is 0 Å². The van der Waals surface area contributed by atoms with Gasteiger partial charge in [0.05, 0.1) is 0 Å². The lowest BCUT2D eigenvalue weighted by Crippen LogP contribution is -2.28. The van der Waals surface area contributed by atoms with Gasteiger partial charge >= 0.3 is 0 Å². The second kappa shape index (κ2) is 6.18. The highest BCUT2D eigenvalue weighted by Crippen LogP contribution is 2.34. The molecule has 0 aliphatic rings. The van der Waals surface area contributed by atoms with Gasteiger partial charge in [0.25, 0.3) is 0 Å². The van der Waals surface area contributed by atoms with E-state index in [4.69, 9.17) is 10.5 Å². The predicted octanol–water partition coefficient (Wildman–Crippen LogP) is 5.13. The number of hydrogen-bond acceptors (Lipinski definition) is 3. The highest BCUT2D eigenvalue weighted by molar-refractivity contribution is 9.10. The monoisotopic (exact) mass is 361 g/mol. The van der Waals surface area contributed by atoms with Crippen LogP contribution >= 0.6 is 27.3 Å². The Morgan fingerprint density at radius 2 is 1.90 bits per heavy atom. The van der Waals surface area contributed by atoms with Crippen LogP contribution in [0, 0.1) is 0 Å². The molecule has 108 valence electrons. The van der Waals surface area contributed by atoms with E-state index >= 15 is 0 Å². The van der Waals surface area contributed by atoms with Crippen molar-refractivity contribution in [2.24, 2.45) is 5.73 Å². The molecule has 0 saturated carbocycles. The van der Waals surface area contributed by atoms with Crippen LogP contribution in [0.25, 0.3) is 10.8 Å². The average molecular weight is 362 g/mol. The zero-order chi connectivity index (χ0) is 14.8. The van der Waals surface area contributed by atoms with Gasteiger partial charge in [0.2, 0.25) is 0 Å². The fourth-order valence-electron chi connectivity index (χ4n) is 2.34. The number of rotatable bonds is 4. The molecule has 21 heavy (non-hydrogen) atoms. The van der Waals surface area contributed by atoms with Gasteiger partial charge in [-0.3, -0.25) is 0 Å². The van der Waals surface area contributed by atoms with Crippen LogP contribution < -0.4 is 10.5 Å². The van der Waals surface area contributed by atoms with Crippen molar-refractivity contribution in [2.45, 2.75) is 19.1 Å². The summed E-state index contributed by atoms with van der Waals surface area (Å²) in [6.07, 6.45) is -0.146.